The Morgan fingerprint density at radius 1 is 0.895 bits per heavy atom. The van der Waals surface area contributed by atoms with Crippen molar-refractivity contribution in [3.05, 3.63) is 22.5 Å². The van der Waals surface area contributed by atoms with Gasteiger partial charge in [-0.05, 0) is 0 Å². The van der Waals surface area contributed by atoms with Crippen LogP contribution < -0.4 is 15.4 Å². The molecule has 1 N–H and O–H groups in total. The van der Waals surface area contributed by atoms with E-state index < -0.39 is 0 Å². The molecule has 2 fully saturated rings. The topological polar surface area (TPSA) is 57.8 Å². The third kappa shape index (κ3) is 2.90. The van der Waals surface area contributed by atoms with E-state index in [1.54, 1.807) is 6.07 Å². The first-order chi connectivity index (χ1) is 9.33. The third-order valence-electron chi connectivity index (χ3n) is 3.54. The van der Waals surface area contributed by atoms with Crippen LogP contribution in [0.3, 0.4) is 0 Å². The summed E-state index contributed by atoms with van der Waals surface area (Å²) in [7, 11) is 0. The normalized spacial score (nSPS) is 20.6. The Morgan fingerprint density at radius 3 is 2.11 bits per heavy atom. The number of aromatic nitrogens is 1. The summed E-state index contributed by atoms with van der Waals surface area (Å²) >= 11 is 0. The minimum absolute atomic E-state index is 0.0505. The molecule has 0 atom stereocenters. The van der Waals surface area contributed by atoms with E-state index in [0.29, 0.717) is 13.2 Å². The number of aromatic amines is 1. The predicted molar refractivity (Wildman–Crippen MR) is 73.1 cm³/mol. The van der Waals surface area contributed by atoms with Gasteiger partial charge in [0.1, 0.15) is 5.82 Å². The Balaban J connectivity index is 1.84. The van der Waals surface area contributed by atoms with Gasteiger partial charge in [-0.15, -0.1) is 0 Å². The van der Waals surface area contributed by atoms with Gasteiger partial charge in [0.15, 0.2) is 0 Å². The molecule has 2 aliphatic heterocycles. The number of morpholine rings is 2. The van der Waals surface area contributed by atoms with E-state index >= 15 is 0 Å². The van der Waals surface area contributed by atoms with Gasteiger partial charge in [-0.1, -0.05) is 0 Å². The van der Waals surface area contributed by atoms with Crippen LogP contribution in [0.5, 0.6) is 0 Å². The zero-order valence-electron chi connectivity index (χ0n) is 10.9. The van der Waals surface area contributed by atoms with E-state index in [9.17, 15) is 4.79 Å². The van der Waals surface area contributed by atoms with Gasteiger partial charge in [-0.2, -0.15) is 0 Å². The number of nitrogens with zero attached hydrogens (tertiary/aromatic N) is 2. The van der Waals surface area contributed by atoms with Crippen molar-refractivity contribution in [3.8, 4) is 0 Å². The quantitative estimate of drug-likeness (QED) is 0.818. The third-order valence-corrected chi connectivity index (χ3v) is 3.54. The molecule has 0 aliphatic carbocycles. The molecular formula is C13H19N3O3. The van der Waals surface area contributed by atoms with Gasteiger partial charge in [0.2, 0.25) is 0 Å². The number of pyridine rings is 1. The number of nitrogens with one attached hydrogen (secondary N) is 1. The van der Waals surface area contributed by atoms with Crippen molar-refractivity contribution < 1.29 is 9.47 Å². The summed E-state index contributed by atoms with van der Waals surface area (Å²) in [5.74, 6) is 0.886. The van der Waals surface area contributed by atoms with Crippen LogP contribution >= 0.6 is 0 Å². The highest BCUT2D eigenvalue weighted by Crippen LogP contribution is 2.19. The lowest BCUT2D eigenvalue weighted by Gasteiger charge is -2.31. The van der Waals surface area contributed by atoms with Crippen LogP contribution in [-0.2, 0) is 9.47 Å². The molecule has 2 aliphatic rings. The monoisotopic (exact) mass is 265 g/mol. The Bertz CT molecular complexity index is 437. The fourth-order valence-corrected chi connectivity index (χ4v) is 2.49. The molecular weight excluding hydrogens is 246 g/mol. The highest BCUT2D eigenvalue weighted by Gasteiger charge is 2.16. The fourth-order valence-electron chi connectivity index (χ4n) is 2.49. The minimum Gasteiger partial charge on any atom is -0.378 e. The first-order valence-electron chi connectivity index (χ1n) is 6.73. The molecule has 0 spiro atoms. The molecule has 3 rings (SSSR count). The molecule has 104 valence electrons. The van der Waals surface area contributed by atoms with Gasteiger partial charge >= 0.3 is 0 Å². The number of hydrogen-bond donors (Lipinski definition) is 1. The summed E-state index contributed by atoms with van der Waals surface area (Å²) in [5.41, 5.74) is 0.930. The summed E-state index contributed by atoms with van der Waals surface area (Å²) in [6, 6.07) is 3.72. The van der Waals surface area contributed by atoms with Crippen LogP contribution in [-0.4, -0.2) is 57.6 Å². The SMILES string of the molecule is O=c1cc(N2CCOCC2)cc(N2CCOCC2)[nH]1. The molecule has 0 unspecified atom stereocenters. The second-order valence-corrected chi connectivity index (χ2v) is 4.79. The van der Waals surface area contributed by atoms with Crippen molar-refractivity contribution in [2.45, 2.75) is 0 Å². The number of H-pyrrole nitrogens is 1. The molecule has 0 radical (unpaired) electrons. The maximum Gasteiger partial charge on any atom is 0.251 e. The van der Waals surface area contributed by atoms with Crippen LogP contribution in [0, 0.1) is 0 Å². The Morgan fingerprint density at radius 2 is 1.47 bits per heavy atom. The zero-order valence-corrected chi connectivity index (χ0v) is 10.9. The molecule has 1 aromatic rings. The lowest BCUT2D eigenvalue weighted by Crippen LogP contribution is -2.39. The molecule has 1 aromatic heterocycles. The van der Waals surface area contributed by atoms with E-state index in [2.05, 4.69) is 20.9 Å². The van der Waals surface area contributed by atoms with Gasteiger partial charge in [-0.25, -0.2) is 0 Å². The van der Waals surface area contributed by atoms with Crippen molar-refractivity contribution in [3.63, 3.8) is 0 Å². The second-order valence-electron chi connectivity index (χ2n) is 4.79. The van der Waals surface area contributed by atoms with Crippen molar-refractivity contribution in [1.82, 2.24) is 4.98 Å². The molecule has 0 aromatic carbocycles. The Labute approximate surface area is 111 Å². The fraction of sp³-hybridized carbons (Fsp3) is 0.615. The predicted octanol–water partition coefficient (Wildman–Crippen LogP) is 0.0481. The number of rotatable bonds is 2. The molecule has 6 nitrogen and oxygen atoms in total. The highest BCUT2D eigenvalue weighted by atomic mass is 16.5. The van der Waals surface area contributed by atoms with Gasteiger partial charge in [-0.3, -0.25) is 4.79 Å². The zero-order chi connectivity index (χ0) is 13.1. The molecule has 0 amide bonds. The number of ether oxygens (including phenoxy) is 2. The van der Waals surface area contributed by atoms with Gasteiger partial charge in [0.05, 0.1) is 26.4 Å². The average Bonchev–Trinajstić information content (AvgIpc) is 2.48. The second kappa shape index (κ2) is 5.63. The van der Waals surface area contributed by atoms with Crippen molar-refractivity contribution >= 4 is 11.5 Å². The summed E-state index contributed by atoms with van der Waals surface area (Å²) < 4.78 is 10.7. The average molecular weight is 265 g/mol. The summed E-state index contributed by atoms with van der Waals surface area (Å²) in [5, 5.41) is 0. The van der Waals surface area contributed by atoms with Gasteiger partial charge in [0.25, 0.3) is 5.56 Å². The lowest BCUT2D eigenvalue weighted by atomic mass is 10.3. The molecule has 2 saturated heterocycles. The lowest BCUT2D eigenvalue weighted by molar-refractivity contribution is 0.122. The van der Waals surface area contributed by atoms with Crippen LogP contribution in [0.4, 0.5) is 11.5 Å². The summed E-state index contributed by atoms with van der Waals surface area (Å²) in [4.78, 5) is 19.1. The maximum absolute atomic E-state index is 11.8. The maximum atomic E-state index is 11.8. The van der Waals surface area contributed by atoms with E-state index in [-0.39, 0.29) is 5.56 Å². The summed E-state index contributed by atoms with van der Waals surface area (Å²) in [6.07, 6.45) is 0. The standard InChI is InChI=1S/C13H19N3O3/c17-13-10-11(15-1-5-18-6-2-15)9-12(14-13)16-3-7-19-8-4-16/h9-10H,1-8H2,(H,14,17). The summed E-state index contributed by atoms with van der Waals surface area (Å²) in [6.45, 7) is 6.19. The van der Waals surface area contributed by atoms with E-state index in [1.807, 2.05) is 0 Å². The Hall–Kier alpha value is -1.53. The minimum atomic E-state index is -0.0505. The first-order valence-corrected chi connectivity index (χ1v) is 6.73. The Kier molecular flexibility index (Phi) is 3.70. The van der Waals surface area contributed by atoms with Gasteiger partial charge in [0, 0.05) is 44.0 Å². The number of hydrogen-bond acceptors (Lipinski definition) is 5. The van der Waals surface area contributed by atoms with Crippen LogP contribution in [0.2, 0.25) is 0 Å². The van der Waals surface area contributed by atoms with Gasteiger partial charge < -0.3 is 24.3 Å². The molecule has 19 heavy (non-hydrogen) atoms. The number of anilines is 2. The van der Waals surface area contributed by atoms with Crippen molar-refractivity contribution in [2.24, 2.45) is 0 Å². The molecule has 3 heterocycles. The van der Waals surface area contributed by atoms with Crippen molar-refractivity contribution in [2.75, 3.05) is 62.4 Å². The molecule has 0 bridgehead atoms. The molecule has 0 saturated carbocycles. The first kappa shape index (κ1) is 12.5. The highest BCUT2D eigenvalue weighted by molar-refractivity contribution is 5.55. The van der Waals surface area contributed by atoms with E-state index in [4.69, 9.17) is 9.47 Å². The van der Waals surface area contributed by atoms with E-state index in [1.165, 1.54) is 0 Å². The van der Waals surface area contributed by atoms with Crippen LogP contribution in [0.25, 0.3) is 0 Å². The smallest absolute Gasteiger partial charge is 0.251 e. The van der Waals surface area contributed by atoms with Crippen LogP contribution in [0.1, 0.15) is 0 Å². The van der Waals surface area contributed by atoms with E-state index in [0.717, 1.165) is 50.9 Å². The largest absolute Gasteiger partial charge is 0.378 e. The molecule has 6 heteroatoms. The van der Waals surface area contributed by atoms with Crippen molar-refractivity contribution in [1.29, 1.82) is 0 Å². The van der Waals surface area contributed by atoms with Crippen LogP contribution in [0.15, 0.2) is 16.9 Å².